The van der Waals surface area contributed by atoms with Gasteiger partial charge >= 0.3 is 5.69 Å². The summed E-state index contributed by atoms with van der Waals surface area (Å²) in [4.78, 5) is 10.5. The zero-order chi connectivity index (χ0) is 17.0. The summed E-state index contributed by atoms with van der Waals surface area (Å²) >= 11 is 0. The Morgan fingerprint density at radius 2 is 1.74 bits per heavy atom. The number of aryl methyl sites for hydroxylation is 1. The van der Waals surface area contributed by atoms with E-state index in [0.29, 0.717) is 22.8 Å². The van der Waals surface area contributed by atoms with E-state index in [4.69, 9.17) is 18.7 Å². The Balaban J connectivity index is 2.42. The molecule has 0 radical (unpaired) electrons. The van der Waals surface area contributed by atoms with Crippen LogP contribution in [0.4, 0.5) is 5.69 Å². The first-order valence-corrected chi connectivity index (χ1v) is 6.60. The van der Waals surface area contributed by atoms with Crippen LogP contribution >= 0.6 is 0 Å². The zero-order valence-corrected chi connectivity index (χ0v) is 13.2. The second-order valence-corrected chi connectivity index (χ2v) is 4.53. The first kappa shape index (κ1) is 16.3. The van der Waals surface area contributed by atoms with Crippen molar-refractivity contribution in [2.24, 2.45) is 0 Å². The number of aromatic nitrogens is 1. The molecule has 2 aromatic rings. The van der Waals surface area contributed by atoms with Crippen LogP contribution in [0, 0.1) is 17.0 Å². The van der Waals surface area contributed by atoms with E-state index in [1.165, 1.54) is 34.3 Å². The van der Waals surface area contributed by atoms with Gasteiger partial charge in [0.25, 0.3) is 0 Å². The van der Waals surface area contributed by atoms with Gasteiger partial charge in [-0.1, -0.05) is 11.2 Å². The monoisotopic (exact) mass is 320 g/mol. The van der Waals surface area contributed by atoms with Gasteiger partial charge in [-0.15, -0.1) is 0 Å². The Hall–Kier alpha value is -3.03. The molecule has 8 heteroatoms. The molecule has 0 bridgehead atoms. The van der Waals surface area contributed by atoms with Crippen LogP contribution in [0.3, 0.4) is 0 Å². The molecule has 0 saturated carbocycles. The van der Waals surface area contributed by atoms with Crippen molar-refractivity contribution in [3.8, 4) is 17.2 Å². The van der Waals surface area contributed by atoms with E-state index >= 15 is 0 Å². The summed E-state index contributed by atoms with van der Waals surface area (Å²) in [6, 6.07) is 3.43. The third kappa shape index (κ3) is 3.25. The van der Waals surface area contributed by atoms with Crippen LogP contribution in [-0.2, 0) is 0 Å². The molecule has 2 rings (SSSR count). The summed E-state index contributed by atoms with van der Waals surface area (Å²) in [5.74, 6) is 1.50. The highest BCUT2D eigenvalue weighted by molar-refractivity contribution is 5.74. The van der Waals surface area contributed by atoms with Crippen molar-refractivity contribution in [2.75, 3.05) is 21.3 Å². The molecule has 0 spiro atoms. The molecule has 1 aromatic carbocycles. The van der Waals surface area contributed by atoms with Gasteiger partial charge in [-0.05, 0) is 30.7 Å². The summed E-state index contributed by atoms with van der Waals surface area (Å²) in [7, 11) is 4.53. The van der Waals surface area contributed by atoms with Crippen molar-refractivity contribution in [3.63, 3.8) is 0 Å². The van der Waals surface area contributed by atoms with E-state index in [-0.39, 0.29) is 17.1 Å². The third-order valence-corrected chi connectivity index (χ3v) is 3.15. The molecule has 0 N–H and O–H groups in total. The van der Waals surface area contributed by atoms with E-state index in [1.54, 1.807) is 18.2 Å². The lowest BCUT2D eigenvalue weighted by molar-refractivity contribution is -0.386. The van der Waals surface area contributed by atoms with Crippen molar-refractivity contribution in [1.29, 1.82) is 0 Å². The van der Waals surface area contributed by atoms with Gasteiger partial charge in [-0.3, -0.25) is 10.1 Å². The Labute approximate surface area is 132 Å². The molecule has 1 aromatic heterocycles. The molecule has 0 amide bonds. The predicted octanol–water partition coefficient (Wildman–Crippen LogP) is 3.09. The molecule has 0 fully saturated rings. The van der Waals surface area contributed by atoms with E-state index in [1.807, 2.05) is 0 Å². The van der Waals surface area contributed by atoms with Crippen molar-refractivity contribution in [3.05, 3.63) is 39.3 Å². The molecular formula is C15H16N2O6. The molecule has 0 aliphatic heterocycles. The molecule has 0 aliphatic carbocycles. The topological polar surface area (TPSA) is 96.9 Å². The number of methoxy groups -OCH3 is 3. The van der Waals surface area contributed by atoms with Crippen LogP contribution in [0.15, 0.2) is 16.7 Å². The van der Waals surface area contributed by atoms with Crippen LogP contribution in [0.5, 0.6) is 17.2 Å². The maximum Gasteiger partial charge on any atom is 0.338 e. The van der Waals surface area contributed by atoms with Crippen LogP contribution in [0.2, 0.25) is 0 Å². The minimum absolute atomic E-state index is 0.0706. The normalized spacial score (nSPS) is 10.8. The van der Waals surface area contributed by atoms with Gasteiger partial charge in [0.05, 0.1) is 26.3 Å². The van der Waals surface area contributed by atoms with Gasteiger partial charge in [0.15, 0.2) is 17.2 Å². The third-order valence-electron chi connectivity index (χ3n) is 3.15. The average Bonchev–Trinajstić information content (AvgIpc) is 2.92. The lowest BCUT2D eigenvalue weighted by Gasteiger charge is -2.12. The SMILES string of the molecule is COc1cc(/C=C\c2onc(C)c2[N+](=O)[O-])cc(OC)c1OC. The van der Waals surface area contributed by atoms with E-state index in [2.05, 4.69) is 5.16 Å². The zero-order valence-electron chi connectivity index (χ0n) is 13.2. The maximum atomic E-state index is 11.0. The number of rotatable bonds is 6. The highest BCUT2D eigenvalue weighted by Crippen LogP contribution is 2.38. The maximum absolute atomic E-state index is 11.0. The highest BCUT2D eigenvalue weighted by atomic mass is 16.6. The van der Waals surface area contributed by atoms with Crippen molar-refractivity contribution >= 4 is 17.8 Å². The minimum atomic E-state index is -0.527. The minimum Gasteiger partial charge on any atom is -0.493 e. The first-order chi connectivity index (χ1) is 11.0. The fourth-order valence-electron chi connectivity index (χ4n) is 2.08. The molecule has 0 unspecified atom stereocenters. The number of ether oxygens (including phenoxy) is 3. The summed E-state index contributed by atoms with van der Waals surface area (Å²) in [5.41, 5.74) is 0.760. The fourth-order valence-corrected chi connectivity index (χ4v) is 2.08. The smallest absolute Gasteiger partial charge is 0.338 e. The lowest BCUT2D eigenvalue weighted by atomic mass is 10.1. The van der Waals surface area contributed by atoms with Gasteiger partial charge < -0.3 is 18.7 Å². The van der Waals surface area contributed by atoms with Crippen molar-refractivity contribution in [1.82, 2.24) is 5.16 Å². The van der Waals surface area contributed by atoms with Crippen LogP contribution in [-0.4, -0.2) is 31.4 Å². The van der Waals surface area contributed by atoms with Gasteiger partial charge in [0.1, 0.15) is 0 Å². The molecular weight excluding hydrogens is 304 g/mol. The van der Waals surface area contributed by atoms with Gasteiger partial charge in [-0.25, -0.2) is 0 Å². The Kier molecular flexibility index (Phi) is 4.85. The second kappa shape index (κ2) is 6.82. The van der Waals surface area contributed by atoms with Crippen molar-refractivity contribution < 1.29 is 23.7 Å². The van der Waals surface area contributed by atoms with Crippen LogP contribution in [0.1, 0.15) is 17.0 Å². The summed E-state index contributed by atoms with van der Waals surface area (Å²) in [5, 5.41) is 14.6. The number of nitrogens with zero attached hydrogens (tertiary/aromatic N) is 2. The fraction of sp³-hybridized carbons (Fsp3) is 0.267. The molecule has 1 heterocycles. The molecule has 23 heavy (non-hydrogen) atoms. The van der Waals surface area contributed by atoms with Crippen molar-refractivity contribution in [2.45, 2.75) is 6.92 Å². The Morgan fingerprint density at radius 3 is 2.22 bits per heavy atom. The van der Waals surface area contributed by atoms with Gasteiger partial charge in [0.2, 0.25) is 11.5 Å². The Morgan fingerprint density at radius 1 is 1.13 bits per heavy atom. The molecule has 8 nitrogen and oxygen atoms in total. The number of nitro groups is 1. The molecule has 122 valence electrons. The average molecular weight is 320 g/mol. The van der Waals surface area contributed by atoms with E-state index < -0.39 is 4.92 Å². The number of hydrogen-bond donors (Lipinski definition) is 0. The first-order valence-electron chi connectivity index (χ1n) is 6.60. The van der Waals surface area contributed by atoms with Gasteiger partial charge in [-0.2, -0.15) is 0 Å². The van der Waals surface area contributed by atoms with E-state index in [9.17, 15) is 10.1 Å². The van der Waals surface area contributed by atoms with Crippen LogP contribution < -0.4 is 14.2 Å². The summed E-state index contributed by atoms with van der Waals surface area (Å²) < 4.78 is 20.7. The highest BCUT2D eigenvalue weighted by Gasteiger charge is 2.22. The largest absolute Gasteiger partial charge is 0.493 e. The molecule has 0 aliphatic rings. The Bertz CT molecular complexity index is 725. The summed E-state index contributed by atoms with van der Waals surface area (Å²) in [6.45, 7) is 1.51. The lowest BCUT2D eigenvalue weighted by Crippen LogP contribution is -1.95. The van der Waals surface area contributed by atoms with E-state index in [0.717, 1.165) is 0 Å². The second-order valence-electron chi connectivity index (χ2n) is 4.53. The summed E-state index contributed by atoms with van der Waals surface area (Å²) in [6.07, 6.45) is 3.11. The number of benzene rings is 1. The van der Waals surface area contributed by atoms with Gasteiger partial charge in [0, 0.05) is 0 Å². The van der Waals surface area contributed by atoms with Crippen LogP contribution in [0.25, 0.3) is 12.2 Å². The molecule has 0 saturated heterocycles. The molecule has 0 atom stereocenters. The standard InChI is InChI=1S/C15H16N2O6/c1-9-14(17(18)19)11(23-16-9)6-5-10-7-12(20-2)15(22-4)13(8-10)21-3/h5-8H,1-4H3/b6-5-. The quantitative estimate of drug-likeness (QED) is 0.596. The number of hydrogen-bond acceptors (Lipinski definition) is 7. The predicted molar refractivity (Wildman–Crippen MR) is 82.9 cm³/mol.